The van der Waals surface area contributed by atoms with Crippen molar-refractivity contribution >= 4 is 5.69 Å². The average molecular weight is 273 g/mol. The minimum absolute atomic E-state index is 0.163. The highest BCUT2D eigenvalue weighted by Gasteiger charge is 2.27. The van der Waals surface area contributed by atoms with Crippen LogP contribution < -0.4 is 10.6 Å². The molecule has 1 saturated carbocycles. The van der Waals surface area contributed by atoms with Gasteiger partial charge in [-0.15, -0.1) is 0 Å². The Morgan fingerprint density at radius 1 is 1.15 bits per heavy atom. The number of nitrogens with zero attached hydrogens (tertiary/aromatic N) is 2. The molecule has 3 rings (SSSR count). The zero-order valence-corrected chi connectivity index (χ0v) is 12.6. The predicted molar refractivity (Wildman–Crippen MR) is 85.0 cm³/mol. The van der Waals surface area contributed by atoms with Crippen LogP contribution in [0, 0.1) is 5.92 Å². The highest BCUT2D eigenvalue weighted by atomic mass is 15.3. The third-order valence-electron chi connectivity index (χ3n) is 4.70. The van der Waals surface area contributed by atoms with E-state index in [2.05, 4.69) is 41.0 Å². The first kappa shape index (κ1) is 13.9. The van der Waals surface area contributed by atoms with Crippen molar-refractivity contribution in [2.24, 2.45) is 11.7 Å². The zero-order valence-electron chi connectivity index (χ0n) is 12.6. The quantitative estimate of drug-likeness (QED) is 0.895. The second-order valence-electron chi connectivity index (χ2n) is 6.30. The molecule has 3 heteroatoms. The molecule has 1 heterocycles. The van der Waals surface area contributed by atoms with Gasteiger partial charge in [-0.2, -0.15) is 0 Å². The van der Waals surface area contributed by atoms with Gasteiger partial charge < -0.3 is 10.6 Å². The molecule has 1 saturated heterocycles. The first-order valence-electron chi connectivity index (χ1n) is 8.09. The van der Waals surface area contributed by atoms with Crippen LogP contribution >= 0.6 is 0 Å². The number of nitrogens with two attached hydrogens (primary N) is 1. The SMILES string of the molecule is CCC(N)c1ccccc1N1CCN(CC2CC2)CC1. The van der Waals surface area contributed by atoms with Gasteiger partial charge in [-0.1, -0.05) is 25.1 Å². The van der Waals surface area contributed by atoms with Crippen LogP contribution in [0.1, 0.15) is 37.8 Å². The normalized spacial score (nSPS) is 22.0. The van der Waals surface area contributed by atoms with Crippen LogP contribution in [0.15, 0.2) is 24.3 Å². The van der Waals surface area contributed by atoms with Crippen LogP contribution in [0.3, 0.4) is 0 Å². The van der Waals surface area contributed by atoms with E-state index in [1.165, 1.54) is 43.7 Å². The summed E-state index contributed by atoms with van der Waals surface area (Å²) >= 11 is 0. The molecule has 1 atom stereocenters. The van der Waals surface area contributed by atoms with Gasteiger partial charge in [0.15, 0.2) is 0 Å². The first-order valence-corrected chi connectivity index (χ1v) is 8.09. The molecular formula is C17H27N3. The van der Waals surface area contributed by atoms with E-state index < -0.39 is 0 Å². The molecule has 110 valence electrons. The Labute approximate surface area is 122 Å². The van der Waals surface area contributed by atoms with Crippen molar-refractivity contribution in [1.82, 2.24) is 4.90 Å². The number of piperazine rings is 1. The predicted octanol–water partition coefficient (Wildman–Crippen LogP) is 2.63. The van der Waals surface area contributed by atoms with Crippen LogP contribution in [0.5, 0.6) is 0 Å². The average Bonchev–Trinajstić information content (AvgIpc) is 3.31. The van der Waals surface area contributed by atoms with Gasteiger partial charge in [-0.25, -0.2) is 0 Å². The summed E-state index contributed by atoms with van der Waals surface area (Å²) in [6.45, 7) is 8.16. The molecule has 1 unspecified atom stereocenters. The zero-order chi connectivity index (χ0) is 13.9. The monoisotopic (exact) mass is 273 g/mol. The largest absolute Gasteiger partial charge is 0.369 e. The van der Waals surface area contributed by atoms with Crippen molar-refractivity contribution in [2.75, 3.05) is 37.6 Å². The smallest absolute Gasteiger partial charge is 0.0415 e. The Bertz CT molecular complexity index is 434. The summed E-state index contributed by atoms with van der Waals surface area (Å²) in [5.74, 6) is 1.00. The van der Waals surface area contributed by atoms with E-state index in [9.17, 15) is 0 Å². The van der Waals surface area contributed by atoms with Gasteiger partial charge >= 0.3 is 0 Å². The molecular weight excluding hydrogens is 246 g/mol. The minimum Gasteiger partial charge on any atom is -0.369 e. The van der Waals surface area contributed by atoms with Crippen molar-refractivity contribution in [3.63, 3.8) is 0 Å². The molecule has 1 aliphatic carbocycles. The van der Waals surface area contributed by atoms with Gasteiger partial charge in [-0.3, -0.25) is 4.90 Å². The second-order valence-corrected chi connectivity index (χ2v) is 6.30. The molecule has 2 fully saturated rings. The van der Waals surface area contributed by atoms with Crippen LogP contribution in [0.2, 0.25) is 0 Å². The first-order chi connectivity index (χ1) is 9.78. The van der Waals surface area contributed by atoms with E-state index in [0.29, 0.717) is 0 Å². The maximum absolute atomic E-state index is 6.27. The third kappa shape index (κ3) is 3.15. The fourth-order valence-electron chi connectivity index (χ4n) is 3.15. The van der Waals surface area contributed by atoms with Gasteiger partial charge in [0.1, 0.15) is 0 Å². The molecule has 0 amide bonds. The van der Waals surface area contributed by atoms with E-state index in [-0.39, 0.29) is 6.04 Å². The van der Waals surface area contributed by atoms with Crippen molar-refractivity contribution in [3.8, 4) is 0 Å². The summed E-state index contributed by atoms with van der Waals surface area (Å²) in [6, 6.07) is 8.84. The number of rotatable bonds is 5. The standard InChI is InChI=1S/C17H27N3/c1-2-16(18)15-5-3-4-6-17(15)20-11-9-19(10-12-20)13-14-7-8-14/h3-6,14,16H,2,7-13,18H2,1H3. The highest BCUT2D eigenvalue weighted by Crippen LogP contribution is 2.31. The lowest BCUT2D eigenvalue weighted by Crippen LogP contribution is -2.47. The van der Waals surface area contributed by atoms with Crippen LogP contribution in [0.25, 0.3) is 0 Å². The third-order valence-corrected chi connectivity index (χ3v) is 4.70. The maximum atomic E-state index is 6.27. The number of hydrogen-bond acceptors (Lipinski definition) is 3. The summed E-state index contributed by atoms with van der Waals surface area (Å²) in [6.07, 6.45) is 3.90. The Hall–Kier alpha value is -1.06. The van der Waals surface area contributed by atoms with Gasteiger partial charge in [-0.05, 0) is 36.8 Å². The lowest BCUT2D eigenvalue weighted by Gasteiger charge is -2.37. The van der Waals surface area contributed by atoms with Crippen LogP contribution in [-0.4, -0.2) is 37.6 Å². The highest BCUT2D eigenvalue weighted by molar-refractivity contribution is 5.55. The molecule has 2 N–H and O–H groups in total. The lowest BCUT2D eigenvalue weighted by atomic mass is 10.0. The van der Waals surface area contributed by atoms with E-state index in [1.807, 2.05) is 0 Å². The van der Waals surface area contributed by atoms with Gasteiger partial charge in [0.25, 0.3) is 0 Å². The molecule has 1 aromatic rings. The Morgan fingerprint density at radius 3 is 2.50 bits per heavy atom. The Morgan fingerprint density at radius 2 is 1.85 bits per heavy atom. The number of para-hydroxylation sites is 1. The molecule has 0 radical (unpaired) electrons. The van der Waals surface area contributed by atoms with E-state index in [4.69, 9.17) is 5.73 Å². The number of benzene rings is 1. The summed E-state index contributed by atoms with van der Waals surface area (Å²) in [7, 11) is 0. The Kier molecular flexibility index (Phi) is 4.27. The molecule has 1 aromatic carbocycles. The molecule has 0 aromatic heterocycles. The van der Waals surface area contributed by atoms with Crippen molar-refractivity contribution in [3.05, 3.63) is 29.8 Å². The van der Waals surface area contributed by atoms with E-state index >= 15 is 0 Å². The van der Waals surface area contributed by atoms with Crippen molar-refractivity contribution < 1.29 is 0 Å². The number of anilines is 1. The van der Waals surface area contributed by atoms with Crippen molar-refractivity contribution in [1.29, 1.82) is 0 Å². The maximum Gasteiger partial charge on any atom is 0.0415 e. The molecule has 1 aliphatic heterocycles. The van der Waals surface area contributed by atoms with Crippen LogP contribution in [-0.2, 0) is 0 Å². The topological polar surface area (TPSA) is 32.5 Å². The van der Waals surface area contributed by atoms with E-state index in [0.717, 1.165) is 25.4 Å². The summed E-state index contributed by atoms with van der Waals surface area (Å²) in [4.78, 5) is 5.16. The molecule has 20 heavy (non-hydrogen) atoms. The summed E-state index contributed by atoms with van der Waals surface area (Å²) in [5, 5.41) is 0. The van der Waals surface area contributed by atoms with E-state index in [1.54, 1.807) is 0 Å². The molecule has 0 spiro atoms. The molecule has 0 bridgehead atoms. The van der Waals surface area contributed by atoms with Gasteiger partial charge in [0, 0.05) is 44.5 Å². The van der Waals surface area contributed by atoms with Crippen molar-refractivity contribution in [2.45, 2.75) is 32.2 Å². The second kappa shape index (κ2) is 6.15. The van der Waals surface area contributed by atoms with Crippen LogP contribution in [0.4, 0.5) is 5.69 Å². The summed E-state index contributed by atoms with van der Waals surface area (Å²) in [5.41, 5.74) is 8.93. The van der Waals surface area contributed by atoms with Gasteiger partial charge in [0.2, 0.25) is 0 Å². The molecule has 2 aliphatic rings. The van der Waals surface area contributed by atoms with Gasteiger partial charge in [0.05, 0.1) is 0 Å². The Balaban J connectivity index is 1.64. The number of hydrogen-bond donors (Lipinski definition) is 1. The fraction of sp³-hybridized carbons (Fsp3) is 0.647. The summed E-state index contributed by atoms with van der Waals surface area (Å²) < 4.78 is 0. The minimum atomic E-state index is 0.163. The fourth-order valence-corrected chi connectivity index (χ4v) is 3.15. The lowest BCUT2D eigenvalue weighted by molar-refractivity contribution is 0.248. The molecule has 3 nitrogen and oxygen atoms in total.